The van der Waals surface area contributed by atoms with Crippen molar-refractivity contribution in [2.24, 2.45) is 0 Å². The number of aromatic nitrogens is 2. The molecule has 0 radical (unpaired) electrons. The maximum Gasteiger partial charge on any atom is 0.325 e. The third-order valence-electron chi connectivity index (χ3n) is 2.56. The Kier molecular flexibility index (Phi) is 4.52. The quantitative estimate of drug-likeness (QED) is 0.855. The number of carboxylic acids is 1. The number of carbonyl (C=O) groups is 2. The van der Waals surface area contributed by atoms with Crippen molar-refractivity contribution in [3.8, 4) is 0 Å². The van der Waals surface area contributed by atoms with E-state index in [0.29, 0.717) is 10.7 Å². The second kappa shape index (κ2) is 6.33. The van der Waals surface area contributed by atoms with E-state index in [1.54, 1.807) is 12.1 Å². The SMILES string of the molecule is CCCc1ccc(C(=O)Nc2ccn(CC(=O)O)n2)s1. The Morgan fingerprint density at radius 3 is 2.90 bits per heavy atom. The van der Waals surface area contributed by atoms with E-state index in [-0.39, 0.29) is 12.5 Å². The van der Waals surface area contributed by atoms with E-state index in [1.807, 2.05) is 6.07 Å². The molecule has 0 aromatic carbocycles. The van der Waals surface area contributed by atoms with E-state index < -0.39 is 5.97 Å². The highest BCUT2D eigenvalue weighted by molar-refractivity contribution is 7.14. The van der Waals surface area contributed by atoms with E-state index in [4.69, 9.17) is 5.11 Å². The van der Waals surface area contributed by atoms with Gasteiger partial charge in [0.25, 0.3) is 5.91 Å². The lowest BCUT2D eigenvalue weighted by atomic mass is 10.3. The summed E-state index contributed by atoms with van der Waals surface area (Å²) in [5, 5.41) is 15.3. The van der Waals surface area contributed by atoms with E-state index in [2.05, 4.69) is 17.3 Å². The van der Waals surface area contributed by atoms with Gasteiger partial charge in [-0.15, -0.1) is 11.3 Å². The van der Waals surface area contributed by atoms with Crippen LogP contribution in [0.4, 0.5) is 5.82 Å². The van der Waals surface area contributed by atoms with Gasteiger partial charge in [0.2, 0.25) is 0 Å². The number of nitrogens with one attached hydrogen (secondary N) is 1. The standard InChI is InChI=1S/C13H15N3O3S/c1-2-3-9-4-5-10(20-9)13(19)14-11-6-7-16(15-11)8-12(17)18/h4-7H,2-3,8H2,1H3,(H,17,18)(H,14,15,19). The molecule has 0 aliphatic rings. The fraction of sp³-hybridized carbons (Fsp3) is 0.308. The average molecular weight is 293 g/mol. The number of thiophene rings is 1. The summed E-state index contributed by atoms with van der Waals surface area (Å²) in [5.41, 5.74) is 0. The van der Waals surface area contributed by atoms with Crippen molar-refractivity contribution in [3.05, 3.63) is 34.2 Å². The van der Waals surface area contributed by atoms with E-state index in [1.165, 1.54) is 27.1 Å². The fourth-order valence-corrected chi connectivity index (χ4v) is 2.72. The predicted octanol–water partition coefficient (Wildman–Crippen LogP) is 2.23. The predicted molar refractivity (Wildman–Crippen MR) is 76.1 cm³/mol. The van der Waals surface area contributed by atoms with Crippen molar-refractivity contribution >= 4 is 29.0 Å². The molecule has 0 aliphatic heterocycles. The normalized spacial score (nSPS) is 10.4. The zero-order valence-electron chi connectivity index (χ0n) is 11.0. The van der Waals surface area contributed by atoms with Crippen LogP contribution in [0.2, 0.25) is 0 Å². The van der Waals surface area contributed by atoms with Crippen LogP contribution in [-0.4, -0.2) is 26.8 Å². The third kappa shape index (κ3) is 3.67. The lowest BCUT2D eigenvalue weighted by molar-refractivity contribution is -0.137. The Bertz CT molecular complexity index is 618. The van der Waals surface area contributed by atoms with Gasteiger partial charge in [-0.1, -0.05) is 13.3 Å². The number of rotatable bonds is 6. The van der Waals surface area contributed by atoms with E-state index >= 15 is 0 Å². The smallest absolute Gasteiger partial charge is 0.325 e. The highest BCUT2D eigenvalue weighted by Gasteiger charge is 2.11. The second-order valence-electron chi connectivity index (χ2n) is 4.26. The topological polar surface area (TPSA) is 84.2 Å². The maximum absolute atomic E-state index is 12.0. The first-order valence-electron chi connectivity index (χ1n) is 6.24. The molecule has 2 aromatic rings. The molecule has 1 amide bonds. The molecule has 0 aliphatic carbocycles. The Labute approximate surface area is 120 Å². The molecule has 0 atom stereocenters. The van der Waals surface area contributed by atoms with Gasteiger partial charge in [-0.25, -0.2) is 0 Å². The van der Waals surface area contributed by atoms with Crippen LogP contribution in [0, 0.1) is 0 Å². The zero-order chi connectivity index (χ0) is 14.5. The molecule has 2 heterocycles. The molecule has 20 heavy (non-hydrogen) atoms. The number of carbonyl (C=O) groups excluding carboxylic acids is 1. The van der Waals surface area contributed by atoms with Gasteiger partial charge in [0, 0.05) is 17.1 Å². The van der Waals surface area contributed by atoms with Crippen LogP contribution in [0.5, 0.6) is 0 Å². The van der Waals surface area contributed by atoms with Gasteiger partial charge >= 0.3 is 5.97 Å². The average Bonchev–Trinajstić information content (AvgIpc) is 2.99. The summed E-state index contributed by atoms with van der Waals surface area (Å²) in [5.74, 6) is -0.854. The molecule has 2 rings (SSSR count). The Hall–Kier alpha value is -2.15. The summed E-state index contributed by atoms with van der Waals surface area (Å²) in [6.45, 7) is 1.87. The van der Waals surface area contributed by atoms with Gasteiger partial charge in [-0.2, -0.15) is 5.10 Å². The summed E-state index contributed by atoms with van der Waals surface area (Å²) in [7, 11) is 0. The summed E-state index contributed by atoms with van der Waals surface area (Å²) in [6.07, 6.45) is 3.52. The van der Waals surface area contributed by atoms with Crippen molar-refractivity contribution < 1.29 is 14.7 Å². The first kappa shape index (κ1) is 14.3. The first-order valence-corrected chi connectivity index (χ1v) is 7.05. The summed E-state index contributed by atoms with van der Waals surface area (Å²) < 4.78 is 1.26. The van der Waals surface area contributed by atoms with Gasteiger partial charge in [0.1, 0.15) is 6.54 Å². The molecule has 0 bridgehead atoms. The minimum atomic E-state index is -0.978. The summed E-state index contributed by atoms with van der Waals surface area (Å²) in [4.78, 5) is 24.3. The van der Waals surface area contributed by atoms with Crippen molar-refractivity contribution in [2.75, 3.05) is 5.32 Å². The molecule has 7 heteroatoms. The van der Waals surface area contributed by atoms with E-state index in [9.17, 15) is 9.59 Å². The molecule has 0 saturated heterocycles. The highest BCUT2D eigenvalue weighted by atomic mass is 32.1. The lowest BCUT2D eigenvalue weighted by Gasteiger charge is -1.99. The summed E-state index contributed by atoms with van der Waals surface area (Å²) >= 11 is 1.46. The summed E-state index contributed by atoms with van der Waals surface area (Å²) in [6, 6.07) is 5.31. The van der Waals surface area contributed by atoms with Gasteiger partial charge in [-0.3, -0.25) is 14.3 Å². The first-order chi connectivity index (χ1) is 9.58. The number of hydrogen-bond acceptors (Lipinski definition) is 4. The Balaban J connectivity index is 1.99. The Morgan fingerprint density at radius 2 is 2.20 bits per heavy atom. The largest absolute Gasteiger partial charge is 0.480 e. The van der Waals surface area contributed by atoms with Gasteiger partial charge < -0.3 is 10.4 Å². The monoisotopic (exact) mass is 293 g/mol. The van der Waals surface area contributed by atoms with Crippen molar-refractivity contribution in [2.45, 2.75) is 26.3 Å². The van der Waals surface area contributed by atoms with Crippen molar-refractivity contribution in [3.63, 3.8) is 0 Å². The molecular formula is C13H15N3O3S. The van der Waals surface area contributed by atoms with Crippen molar-refractivity contribution in [1.82, 2.24) is 9.78 Å². The number of nitrogens with zero attached hydrogens (tertiary/aromatic N) is 2. The lowest BCUT2D eigenvalue weighted by Crippen LogP contribution is -2.12. The molecule has 6 nitrogen and oxygen atoms in total. The molecule has 0 saturated carbocycles. The molecule has 2 N–H and O–H groups in total. The van der Waals surface area contributed by atoms with Crippen LogP contribution in [-0.2, 0) is 17.8 Å². The van der Waals surface area contributed by atoms with E-state index in [0.717, 1.165) is 12.8 Å². The number of anilines is 1. The minimum Gasteiger partial charge on any atom is -0.480 e. The fourth-order valence-electron chi connectivity index (χ4n) is 1.71. The van der Waals surface area contributed by atoms with Crippen LogP contribution in [0.1, 0.15) is 27.9 Å². The third-order valence-corrected chi connectivity index (χ3v) is 3.71. The molecule has 2 aromatic heterocycles. The minimum absolute atomic E-state index is 0.224. The van der Waals surface area contributed by atoms with Crippen LogP contribution in [0.25, 0.3) is 0 Å². The number of aliphatic carboxylic acids is 1. The molecule has 0 spiro atoms. The molecule has 106 valence electrons. The van der Waals surface area contributed by atoms with Crippen LogP contribution in [0.3, 0.4) is 0 Å². The highest BCUT2D eigenvalue weighted by Crippen LogP contribution is 2.19. The van der Waals surface area contributed by atoms with Crippen LogP contribution in [0.15, 0.2) is 24.4 Å². The maximum atomic E-state index is 12.0. The van der Waals surface area contributed by atoms with Gasteiger partial charge in [0.15, 0.2) is 5.82 Å². The number of hydrogen-bond donors (Lipinski definition) is 2. The van der Waals surface area contributed by atoms with Crippen LogP contribution >= 0.6 is 11.3 Å². The molecule has 0 unspecified atom stereocenters. The molecule has 0 fully saturated rings. The van der Waals surface area contributed by atoms with Gasteiger partial charge in [0.05, 0.1) is 4.88 Å². The number of amides is 1. The number of aryl methyl sites for hydroxylation is 1. The Morgan fingerprint density at radius 1 is 1.40 bits per heavy atom. The molecular weight excluding hydrogens is 278 g/mol. The van der Waals surface area contributed by atoms with Crippen LogP contribution < -0.4 is 5.32 Å². The van der Waals surface area contributed by atoms with Gasteiger partial charge in [-0.05, 0) is 18.6 Å². The second-order valence-corrected chi connectivity index (χ2v) is 5.43. The zero-order valence-corrected chi connectivity index (χ0v) is 11.8. The van der Waals surface area contributed by atoms with Crippen molar-refractivity contribution in [1.29, 1.82) is 0 Å². The number of carboxylic acid groups (broad SMARTS) is 1.